The van der Waals surface area contributed by atoms with E-state index in [2.05, 4.69) is 21.7 Å². The molecule has 1 unspecified atom stereocenters. The van der Waals surface area contributed by atoms with E-state index in [1.54, 1.807) is 18.0 Å². The molecule has 0 radical (unpaired) electrons. The summed E-state index contributed by atoms with van der Waals surface area (Å²) in [4.78, 5) is 16.9. The molecule has 1 saturated heterocycles. The number of pyridine rings is 1. The van der Waals surface area contributed by atoms with Gasteiger partial charge in [-0.15, -0.1) is 11.8 Å². The van der Waals surface area contributed by atoms with Gasteiger partial charge in [-0.2, -0.15) is 0 Å². The van der Waals surface area contributed by atoms with Crippen molar-refractivity contribution in [1.82, 2.24) is 15.6 Å². The average molecular weight is 289 g/mol. The first kappa shape index (κ1) is 12.4. The maximum absolute atomic E-state index is 11.6. The molecule has 96 valence electrons. The van der Waals surface area contributed by atoms with Gasteiger partial charge in [0.05, 0.1) is 0 Å². The number of thioether (sulfide) groups is 1. The fraction of sp³-hybridized carbons (Fsp3) is 0.154. The molecule has 6 heteroatoms. The highest BCUT2D eigenvalue weighted by molar-refractivity contribution is 8.09. The molecule has 2 N–H and O–H groups in total. The normalized spacial score (nSPS) is 24.3. The average Bonchev–Trinajstić information content (AvgIpc) is 2.99. The van der Waals surface area contributed by atoms with Crippen molar-refractivity contribution in [2.45, 2.75) is 11.7 Å². The molecule has 1 aromatic rings. The van der Waals surface area contributed by atoms with Gasteiger partial charge in [-0.1, -0.05) is 12.1 Å². The van der Waals surface area contributed by atoms with Gasteiger partial charge in [0, 0.05) is 28.1 Å². The van der Waals surface area contributed by atoms with Crippen LogP contribution in [-0.4, -0.2) is 21.3 Å². The van der Waals surface area contributed by atoms with Crippen LogP contribution in [0.25, 0.3) is 4.91 Å². The fourth-order valence-corrected chi connectivity index (χ4v) is 3.34. The van der Waals surface area contributed by atoms with Crippen LogP contribution in [0.5, 0.6) is 0 Å². The predicted molar refractivity (Wildman–Crippen MR) is 80.2 cm³/mol. The summed E-state index contributed by atoms with van der Waals surface area (Å²) in [5, 5.41) is 6.06. The highest BCUT2D eigenvalue weighted by Gasteiger charge is 2.24. The highest BCUT2D eigenvalue weighted by Crippen LogP contribution is 2.39. The SMILES string of the molecule is O=C1NC(=S)N/C1=C/C1CC=C(c2cccnc2)S1. The zero-order valence-electron chi connectivity index (χ0n) is 9.92. The van der Waals surface area contributed by atoms with Crippen LogP contribution in [0.15, 0.2) is 42.4 Å². The Morgan fingerprint density at radius 3 is 3.05 bits per heavy atom. The minimum Gasteiger partial charge on any atom is -0.328 e. The molecule has 3 heterocycles. The van der Waals surface area contributed by atoms with Crippen LogP contribution in [0.2, 0.25) is 0 Å². The van der Waals surface area contributed by atoms with Crippen LogP contribution in [0.4, 0.5) is 0 Å². The van der Waals surface area contributed by atoms with E-state index >= 15 is 0 Å². The van der Waals surface area contributed by atoms with E-state index in [1.807, 2.05) is 24.4 Å². The molecule has 1 aromatic heterocycles. The van der Waals surface area contributed by atoms with Gasteiger partial charge in [0.1, 0.15) is 5.70 Å². The lowest BCUT2D eigenvalue weighted by Crippen LogP contribution is -2.21. The molecule has 0 aliphatic carbocycles. The summed E-state index contributed by atoms with van der Waals surface area (Å²) in [7, 11) is 0. The number of carbonyl (C=O) groups excluding carboxylic acids is 1. The zero-order valence-corrected chi connectivity index (χ0v) is 11.6. The molecule has 3 rings (SSSR count). The van der Waals surface area contributed by atoms with Crippen LogP contribution >= 0.6 is 24.0 Å². The Morgan fingerprint density at radius 1 is 1.47 bits per heavy atom. The first-order valence-corrected chi connectivity index (χ1v) is 7.12. The quantitative estimate of drug-likeness (QED) is 0.642. The Balaban J connectivity index is 1.70. The molecule has 19 heavy (non-hydrogen) atoms. The van der Waals surface area contributed by atoms with Crippen molar-refractivity contribution in [1.29, 1.82) is 0 Å². The number of aromatic nitrogens is 1. The topological polar surface area (TPSA) is 54.0 Å². The van der Waals surface area contributed by atoms with Gasteiger partial charge >= 0.3 is 0 Å². The van der Waals surface area contributed by atoms with Gasteiger partial charge in [0.15, 0.2) is 5.11 Å². The largest absolute Gasteiger partial charge is 0.328 e. The summed E-state index contributed by atoms with van der Waals surface area (Å²) in [5.41, 5.74) is 1.66. The summed E-state index contributed by atoms with van der Waals surface area (Å²) in [6, 6.07) is 3.96. The van der Waals surface area contributed by atoms with Crippen molar-refractivity contribution in [2.24, 2.45) is 0 Å². The lowest BCUT2D eigenvalue weighted by atomic mass is 10.2. The Morgan fingerprint density at radius 2 is 2.37 bits per heavy atom. The number of rotatable bonds is 2. The van der Waals surface area contributed by atoms with Gasteiger partial charge in [-0.3, -0.25) is 15.1 Å². The number of allylic oxidation sites excluding steroid dienone is 1. The number of amides is 1. The Bertz CT molecular complexity index is 595. The van der Waals surface area contributed by atoms with E-state index in [9.17, 15) is 4.79 Å². The summed E-state index contributed by atoms with van der Waals surface area (Å²) in [6.45, 7) is 0. The van der Waals surface area contributed by atoms with Crippen LogP contribution < -0.4 is 10.6 Å². The molecule has 0 saturated carbocycles. The third-order valence-electron chi connectivity index (χ3n) is 2.83. The molecule has 4 nitrogen and oxygen atoms in total. The van der Waals surface area contributed by atoms with Crippen molar-refractivity contribution in [3.05, 3.63) is 47.9 Å². The first-order chi connectivity index (χ1) is 9.22. The maximum atomic E-state index is 11.6. The summed E-state index contributed by atoms with van der Waals surface area (Å²) in [5.74, 6) is -0.152. The number of hydrogen-bond acceptors (Lipinski definition) is 4. The standard InChI is InChI=1S/C13H11N3OS2/c17-12-10(15-13(18)16-12)6-9-3-4-11(19-9)8-2-1-5-14-7-8/h1-2,4-7,9H,3H2,(H2,15,16,17,18)/b10-6+. The minimum absolute atomic E-state index is 0.152. The number of thiocarbonyl (C=S) groups is 1. The summed E-state index contributed by atoms with van der Waals surface area (Å²) in [6.07, 6.45) is 8.62. The lowest BCUT2D eigenvalue weighted by molar-refractivity contribution is -0.115. The van der Waals surface area contributed by atoms with Crippen LogP contribution in [0.1, 0.15) is 12.0 Å². The van der Waals surface area contributed by atoms with Crippen molar-refractivity contribution in [3.8, 4) is 0 Å². The third kappa shape index (κ3) is 2.69. The molecule has 1 atom stereocenters. The second-order valence-electron chi connectivity index (χ2n) is 4.19. The van der Waals surface area contributed by atoms with E-state index < -0.39 is 0 Å². The van der Waals surface area contributed by atoms with Crippen molar-refractivity contribution in [3.63, 3.8) is 0 Å². The van der Waals surface area contributed by atoms with Gasteiger partial charge in [0.25, 0.3) is 5.91 Å². The smallest absolute Gasteiger partial charge is 0.273 e. The Labute approximate surface area is 120 Å². The van der Waals surface area contributed by atoms with Crippen molar-refractivity contribution >= 4 is 39.9 Å². The second kappa shape index (κ2) is 5.14. The summed E-state index contributed by atoms with van der Waals surface area (Å²) < 4.78 is 0. The van der Waals surface area contributed by atoms with Gasteiger partial charge < -0.3 is 5.32 Å². The molecular formula is C13H11N3OS2. The first-order valence-electron chi connectivity index (χ1n) is 5.84. The van der Waals surface area contributed by atoms with Crippen LogP contribution in [-0.2, 0) is 4.79 Å². The monoisotopic (exact) mass is 289 g/mol. The Kier molecular flexibility index (Phi) is 3.35. The molecule has 1 fully saturated rings. The van der Waals surface area contributed by atoms with E-state index in [1.165, 1.54) is 4.91 Å². The minimum atomic E-state index is -0.152. The van der Waals surface area contributed by atoms with E-state index in [0.717, 1.165) is 12.0 Å². The van der Waals surface area contributed by atoms with E-state index in [0.29, 0.717) is 10.8 Å². The van der Waals surface area contributed by atoms with Crippen molar-refractivity contribution in [2.75, 3.05) is 0 Å². The number of hydrogen-bond donors (Lipinski definition) is 2. The number of nitrogens with one attached hydrogen (secondary N) is 2. The molecule has 0 spiro atoms. The fourth-order valence-electron chi connectivity index (χ4n) is 1.96. The molecule has 1 amide bonds. The van der Waals surface area contributed by atoms with Gasteiger partial charge in [-0.05, 0) is 30.8 Å². The van der Waals surface area contributed by atoms with E-state index in [4.69, 9.17) is 12.2 Å². The van der Waals surface area contributed by atoms with Gasteiger partial charge in [0.2, 0.25) is 0 Å². The number of carbonyl (C=O) groups is 1. The molecule has 0 bridgehead atoms. The van der Waals surface area contributed by atoms with E-state index in [-0.39, 0.29) is 11.2 Å². The number of nitrogens with zero attached hydrogens (tertiary/aromatic N) is 1. The highest BCUT2D eigenvalue weighted by atomic mass is 32.2. The maximum Gasteiger partial charge on any atom is 0.273 e. The molecule has 0 aromatic carbocycles. The predicted octanol–water partition coefficient (Wildman–Crippen LogP) is 1.82. The summed E-state index contributed by atoms with van der Waals surface area (Å²) >= 11 is 6.64. The third-order valence-corrected chi connectivity index (χ3v) is 4.32. The zero-order chi connectivity index (χ0) is 13.2. The Hall–Kier alpha value is -1.66. The van der Waals surface area contributed by atoms with Crippen molar-refractivity contribution < 1.29 is 4.79 Å². The lowest BCUT2D eigenvalue weighted by Gasteiger charge is -2.05. The van der Waals surface area contributed by atoms with Crippen LogP contribution in [0, 0.1) is 0 Å². The van der Waals surface area contributed by atoms with Gasteiger partial charge in [-0.25, -0.2) is 0 Å². The molecule has 2 aliphatic rings. The second-order valence-corrected chi connectivity index (χ2v) is 5.88. The molecule has 2 aliphatic heterocycles. The van der Waals surface area contributed by atoms with Crippen LogP contribution in [0.3, 0.4) is 0 Å². The molecular weight excluding hydrogens is 278 g/mol.